The first-order chi connectivity index (χ1) is 8.13. The number of rotatable bonds is 2. The fraction of sp³-hybridized carbons (Fsp3) is 0.538. The number of nitrogens with zero attached hydrogens (tertiary/aromatic N) is 1. The van der Waals surface area contributed by atoms with E-state index in [0.29, 0.717) is 16.2 Å². The topological polar surface area (TPSA) is 29.3 Å². The number of hydrogen-bond acceptors (Lipinski definition) is 2. The van der Waals surface area contributed by atoms with Crippen LogP contribution in [0.5, 0.6) is 0 Å². The summed E-state index contributed by atoms with van der Waals surface area (Å²) in [7, 11) is 0. The Morgan fingerprint density at radius 3 is 2.94 bits per heavy atom. The number of anilines is 2. The van der Waals surface area contributed by atoms with E-state index in [9.17, 15) is 4.39 Å². The highest BCUT2D eigenvalue weighted by atomic mass is 79.9. The van der Waals surface area contributed by atoms with Gasteiger partial charge in [0.1, 0.15) is 5.82 Å². The molecule has 1 aliphatic rings. The summed E-state index contributed by atoms with van der Waals surface area (Å²) in [6.45, 7) is 3.15. The van der Waals surface area contributed by atoms with Crippen molar-refractivity contribution in [3.05, 3.63) is 22.4 Å². The molecule has 1 saturated heterocycles. The molecule has 0 aromatic heterocycles. The zero-order valence-electron chi connectivity index (χ0n) is 10.0. The van der Waals surface area contributed by atoms with Gasteiger partial charge in [-0.3, -0.25) is 0 Å². The van der Waals surface area contributed by atoms with Gasteiger partial charge in [-0.1, -0.05) is 6.92 Å². The van der Waals surface area contributed by atoms with E-state index in [1.807, 2.05) is 0 Å². The van der Waals surface area contributed by atoms with Crippen LogP contribution < -0.4 is 10.6 Å². The second kappa shape index (κ2) is 5.25. The van der Waals surface area contributed by atoms with Crippen molar-refractivity contribution in [1.29, 1.82) is 0 Å². The van der Waals surface area contributed by atoms with Crippen LogP contribution in [-0.4, -0.2) is 12.6 Å². The molecule has 1 aromatic carbocycles. The minimum Gasteiger partial charge on any atom is -0.397 e. The van der Waals surface area contributed by atoms with Gasteiger partial charge in [-0.25, -0.2) is 4.39 Å². The van der Waals surface area contributed by atoms with Gasteiger partial charge in [0.2, 0.25) is 0 Å². The number of hydrogen-bond donors (Lipinski definition) is 1. The lowest BCUT2D eigenvalue weighted by atomic mass is 9.99. The highest BCUT2D eigenvalue weighted by molar-refractivity contribution is 9.10. The minimum absolute atomic E-state index is 0.241. The average Bonchev–Trinajstić information content (AvgIpc) is 2.34. The summed E-state index contributed by atoms with van der Waals surface area (Å²) in [5.41, 5.74) is 7.50. The second-order valence-corrected chi connectivity index (χ2v) is 5.43. The van der Waals surface area contributed by atoms with Crippen molar-refractivity contribution >= 4 is 27.3 Å². The van der Waals surface area contributed by atoms with E-state index in [1.54, 1.807) is 12.1 Å². The molecule has 0 spiro atoms. The molecule has 1 fully saturated rings. The van der Waals surface area contributed by atoms with Crippen molar-refractivity contribution in [2.24, 2.45) is 0 Å². The van der Waals surface area contributed by atoms with E-state index in [-0.39, 0.29) is 5.82 Å². The van der Waals surface area contributed by atoms with Crippen LogP contribution in [0.3, 0.4) is 0 Å². The first-order valence-electron chi connectivity index (χ1n) is 6.14. The predicted molar refractivity (Wildman–Crippen MR) is 73.8 cm³/mol. The van der Waals surface area contributed by atoms with Gasteiger partial charge in [-0.15, -0.1) is 0 Å². The first-order valence-corrected chi connectivity index (χ1v) is 6.94. The summed E-state index contributed by atoms with van der Waals surface area (Å²) in [4.78, 5) is 2.26. The maximum atomic E-state index is 13.6. The number of benzene rings is 1. The SMILES string of the molecule is CCC1CCCCN1c1cc(F)c(Br)cc1N. The van der Waals surface area contributed by atoms with Gasteiger partial charge < -0.3 is 10.6 Å². The van der Waals surface area contributed by atoms with E-state index < -0.39 is 0 Å². The third-order valence-electron chi connectivity index (χ3n) is 3.48. The third-order valence-corrected chi connectivity index (χ3v) is 4.09. The monoisotopic (exact) mass is 300 g/mol. The molecule has 2 nitrogen and oxygen atoms in total. The quantitative estimate of drug-likeness (QED) is 0.838. The van der Waals surface area contributed by atoms with Crippen LogP contribution in [-0.2, 0) is 0 Å². The first kappa shape index (κ1) is 12.7. The van der Waals surface area contributed by atoms with Crippen molar-refractivity contribution in [2.45, 2.75) is 38.6 Å². The highest BCUT2D eigenvalue weighted by Gasteiger charge is 2.23. The normalized spacial score (nSPS) is 20.6. The van der Waals surface area contributed by atoms with Gasteiger partial charge in [0.05, 0.1) is 15.8 Å². The predicted octanol–water partition coefficient (Wildman–Crippen LogP) is 3.94. The van der Waals surface area contributed by atoms with Gasteiger partial charge in [-0.05, 0) is 47.7 Å². The maximum absolute atomic E-state index is 13.6. The summed E-state index contributed by atoms with van der Waals surface area (Å²) < 4.78 is 14.1. The lowest BCUT2D eigenvalue weighted by Gasteiger charge is -2.37. The van der Waals surface area contributed by atoms with Gasteiger partial charge in [0, 0.05) is 18.7 Å². The molecule has 1 heterocycles. The Balaban J connectivity index is 2.34. The molecule has 1 atom stereocenters. The Hall–Kier alpha value is -0.770. The van der Waals surface area contributed by atoms with Crippen molar-refractivity contribution in [2.75, 3.05) is 17.2 Å². The Kier molecular flexibility index (Phi) is 3.92. The largest absolute Gasteiger partial charge is 0.397 e. The molecule has 2 N–H and O–H groups in total. The smallest absolute Gasteiger partial charge is 0.139 e. The fourth-order valence-corrected chi connectivity index (χ4v) is 2.90. The molecule has 17 heavy (non-hydrogen) atoms. The van der Waals surface area contributed by atoms with Crippen LogP contribution in [0.25, 0.3) is 0 Å². The molecule has 0 aliphatic carbocycles. The fourth-order valence-electron chi connectivity index (χ4n) is 2.54. The Bertz CT molecular complexity index is 409. The van der Waals surface area contributed by atoms with E-state index in [0.717, 1.165) is 25.1 Å². The van der Waals surface area contributed by atoms with Crippen molar-refractivity contribution in [3.8, 4) is 0 Å². The molecular formula is C13H18BrFN2. The maximum Gasteiger partial charge on any atom is 0.139 e. The van der Waals surface area contributed by atoms with Crippen molar-refractivity contribution in [1.82, 2.24) is 0 Å². The molecule has 0 bridgehead atoms. The van der Waals surface area contributed by atoms with E-state index >= 15 is 0 Å². The molecule has 1 aromatic rings. The molecule has 0 amide bonds. The molecule has 2 rings (SSSR count). The molecule has 94 valence electrons. The molecular weight excluding hydrogens is 283 g/mol. The number of piperidine rings is 1. The average molecular weight is 301 g/mol. The van der Waals surface area contributed by atoms with Crippen LogP contribution in [0, 0.1) is 5.82 Å². The Labute approximate surface area is 110 Å². The van der Waals surface area contributed by atoms with Crippen LogP contribution in [0.1, 0.15) is 32.6 Å². The molecule has 0 saturated carbocycles. The molecule has 1 unspecified atom stereocenters. The van der Waals surface area contributed by atoms with Gasteiger partial charge in [-0.2, -0.15) is 0 Å². The number of halogens is 2. The molecule has 1 aliphatic heterocycles. The standard InChI is InChI=1S/C13H18BrFN2/c1-2-9-5-3-4-6-17(9)13-8-11(15)10(14)7-12(13)16/h7-9H,2-6,16H2,1H3. The zero-order valence-corrected chi connectivity index (χ0v) is 11.6. The zero-order chi connectivity index (χ0) is 12.4. The van der Waals surface area contributed by atoms with E-state index in [4.69, 9.17) is 5.73 Å². The van der Waals surface area contributed by atoms with Crippen LogP contribution >= 0.6 is 15.9 Å². The summed E-state index contributed by atoms with van der Waals surface area (Å²) in [6, 6.07) is 3.70. The molecule has 4 heteroatoms. The number of nitrogens with two attached hydrogens (primary N) is 1. The Morgan fingerprint density at radius 2 is 2.24 bits per heavy atom. The van der Waals surface area contributed by atoms with Crippen molar-refractivity contribution < 1.29 is 4.39 Å². The summed E-state index contributed by atoms with van der Waals surface area (Å²) in [5.74, 6) is -0.241. The summed E-state index contributed by atoms with van der Waals surface area (Å²) in [5, 5.41) is 0. The lowest BCUT2D eigenvalue weighted by Crippen LogP contribution is -2.39. The van der Waals surface area contributed by atoms with Crippen LogP contribution in [0.4, 0.5) is 15.8 Å². The lowest BCUT2D eigenvalue weighted by molar-refractivity contribution is 0.449. The van der Waals surface area contributed by atoms with Crippen LogP contribution in [0.2, 0.25) is 0 Å². The highest BCUT2D eigenvalue weighted by Crippen LogP contribution is 2.34. The Morgan fingerprint density at radius 1 is 1.47 bits per heavy atom. The van der Waals surface area contributed by atoms with Gasteiger partial charge in [0.25, 0.3) is 0 Å². The number of nitrogen functional groups attached to an aromatic ring is 1. The summed E-state index contributed by atoms with van der Waals surface area (Å²) in [6.07, 6.45) is 4.67. The third kappa shape index (κ3) is 2.57. The van der Waals surface area contributed by atoms with Gasteiger partial charge >= 0.3 is 0 Å². The van der Waals surface area contributed by atoms with E-state index in [1.165, 1.54) is 12.8 Å². The molecule has 0 radical (unpaired) electrons. The van der Waals surface area contributed by atoms with E-state index in [2.05, 4.69) is 27.8 Å². The van der Waals surface area contributed by atoms with Crippen molar-refractivity contribution in [3.63, 3.8) is 0 Å². The van der Waals surface area contributed by atoms with Gasteiger partial charge in [0.15, 0.2) is 0 Å². The van der Waals surface area contributed by atoms with Crippen LogP contribution in [0.15, 0.2) is 16.6 Å². The summed E-state index contributed by atoms with van der Waals surface area (Å²) >= 11 is 3.16. The minimum atomic E-state index is -0.241. The second-order valence-electron chi connectivity index (χ2n) is 4.58.